The highest BCUT2D eigenvalue weighted by Gasteiger charge is 2.29. The van der Waals surface area contributed by atoms with Crippen LogP contribution in [-0.4, -0.2) is 38.4 Å². The number of rotatable bonds is 4. The maximum atomic E-state index is 13.0. The van der Waals surface area contributed by atoms with Crippen LogP contribution in [-0.2, 0) is 10.0 Å². The highest BCUT2D eigenvalue weighted by atomic mass is 32.2. The van der Waals surface area contributed by atoms with E-state index in [2.05, 4.69) is 4.72 Å². The third-order valence-corrected chi connectivity index (χ3v) is 7.23. The monoisotopic (exact) mass is 390 g/mol. The summed E-state index contributed by atoms with van der Waals surface area (Å²) >= 11 is 0. The molecule has 7 heteroatoms. The highest BCUT2D eigenvalue weighted by Crippen LogP contribution is 2.27. The summed E-state index contributed by atoms with van der Waals surface area (Å²) < 4.78 is 33.9. The second kappa shape index (κ2) is 7.48. The Labute approximate surface area is 160 Å². The first-order valence-corrected chi connectivity index (χ1v) is 10.6. The van der Waals surface area contributed by atoms with E-state index in [4.69, 9.17) is 4.42 Å². The average Bonchev–Trinajstić information content (AvgIpc) is 3.14. The van der Waals surface area contributed by atoms with Gasteiger partial charge in [-0.1, -0.05) is 6.07 Å². The van der Waals surface area contributed by atoms with Crippen molar-refractivity contribution >= 4 is 15.9 Å². The van der Waals surface area contributed by atoms with Crippen LogP contribution >= 0.6 is 0 Å². The molecule has 1 aliphatic rings. The van der Waals surface area contributed by atoms with Crippen LogP contribution < -0.4 is 4.72 Å². The van der Waals surface area contributed by atoms with Crippen molar-refractivity contribution in [3.63, 3.8) is 0 Å². The lowest BCUT2D eigenvalue weighted by Gasteiger charge is -2.32. The molecule has 146 valence electrons. The third kappa shape index (κ3) is 3.94. The number of hydrogen-bond acceptors (Lipinski definition) is 4. The summed E-state index contributed by atoms with van der Waals surface area (Å²) in [7, 11) is -3.62. The number of amides is 1. The van der Waals surface area contributed by atoms with Gasteiger partial charge in [0, 0.05) is 19.1 Å². The van der Waals surface area contributed by atoms with E-state index >= 15 is 0 Å². The number of nitrogens with one attached hydrogen (secondary N) is 1. The van der Waals surface area contributed by atoms with Crippen molar-refractivity contribution in [3.8, 4) is 0 Å². The lowest BCUT2D eigenvalue weighted by Crippen LogP contribution is -2.46. The molecule has 0 bridgehead atoms. The number of furan rings is 1. The smallest absolute Gasteiger partial charge is 0.257 e. The van der Waals surface area contributed by atoms with E-state index in [1.165, 1.54) is 12.5 Å². The largest absolute Gasteiger partial charge is 0.472 e. The quantitative estimate of drug-likeness (QED) is 0.870. The predicted molar refractivity (Wildman–Crippen MR) is 103 cm³/mol. The summed E-state index contributed by atoms with van der Waals surface area (Å²) in [4.78, 5) is 14.5. The first-order valence-electron chi connectivity index (χ1n) is 9.12. The van der Waals surface area contributed by atoms with E-state index in [0.717, 1.165) is 22.3 Å². The zero-order chi connectivity index (χ0) is 19.8. The lowest BCUT2D eigenvalue weighted by atomic mass is 10.0. The number of carbonyl (C=O) groups is 1. The van der Waals surface area contributed by atoms with Crippen molar-refractivity contribution < 1.29 is 17.6 Å². The van der Waals surface area contributed by atoms with Crippen molar-refractivity contribution in [3.05, 3.63) is 52.5 Å². The van der Waals surface area contributed by atoms with E-state index in [1.54, 1.807) is 11.0 Å². The van der Waals surface area contributed by atoms with Gasteiger partial charge in [-0.25, -0.2) is 13.1 Å². The fourth-order valence-electron chi connectivity index (χ4n) is 3.63. The van der Waals surface area contributed by atoms with E-state index < -0.39 is 10.0 Å². The number of nitrogens with zero attached hydrogens (tertiary/aromatic N) is 1. The van der Waals surface area contributed by atoms with Crippen LogP contribution in [0.25, 0.3) is 0 Å². The molecule has 6 nitrogen and oxygen atoms in total. The molecule has 3 rings (SSSR count). The van der Waals surface area contributed by atoms with Crippen LogP contribution in [0, 0.1) is 27.7 Å². The molecule has 2 aromatic rings. The molecule has 1 aromatic carbocycles. The Morgan fingerprint density at radius 1 is 1.11 bits per heavy atom. The van der Waals surface area contributed by atoms with Gasteiger partial charge in [0.25, 0.3) is 5.91 Å². The molecular formula is C20H26N2O4S. The first kappa shape index (κ1) is 19.6. The Hall–Kier alpha value is -2.12. The first-order chi connectivity index (χ1) is 12.7. The van der Waals surface area contributed by atoms with Crippen LogP contribution in [0.15, 0.2) is 34.0 Å². The summed E-state index contributed by atoms with van der Waals surface area (Å²) in [6, 6.07) is 3.48. The number of likely N-dealkylation sites (tertiary alicyclic amines) is 1. The molecular weight excluding hydrogens is 364 g/mol. The van der Waals surface area contributed by atoms with Gasteiger partial charge < -0.3 is 9.32 Å². The summed E-state index contributed by atoms with van der Waals surface area (Å²) in [5.74, 6) is -0.0777. The number of piperidine rings is 1. The van der Waals surface area contributed by atoms with Gasteiger partial charge in [-0.05, 0) is 68.9 Å². The number of sulfonamides is 1. The Morgan fingerprint density at radius 2 is 1.70 bits per heavy atom. The molecule has 0 aliphatic carbocycles. The van der Waals surface area contributed by atoms with Crippen LogP contribution in [0.2, 0.25) is 0 Å². The van der Waals surface area contributed by atoms with Crippen molar-refractivity contribution in [1.82, 2.24) is 9.62 Å². The minimum Gasteiger partial charge on any atom is -0.472 e. The van der Waals surface area contributed by atoms with Gasteiger partial charge in [-0.3, -0.25) is 4.79 Å². The zero-order valence-corrected chi connectivity index (χ0v) is 17.0. The average molecular weight is 391 g/mol. The maximum absolute atomic E-state index is 13.0. The van der Waals surface area contributed by atoms with Gasteiger partial charge in [0.2, 0.25) is 10.0 Å². The van der Waals surface area contributed by atoms with Crippen LogP contribution in [0.1, 0.15) is 45.5 Å². The second-order valence-electron chi connectivity index (χ2n) is 7.29. The van der Waals surface area contributed by atoms with Crippen molar-refractivity contribution in [1.29, 1.82) is 0 Å². The van der Waals surface area contributed by atoms with Gasteiger partial charge in [-0.15, -0.1) is 0 Å². The SMILES string of the molecule is Cc1cc(C)c(C)c(S(=O)(=O)NC2CCN(C(=O)c3ccoc3)CC2)c1C. The molecule has 1 amide bonds. The normalized spacial score (nSPS) is 15.9. The standard InChI is InChI=1S/C20H26N2O4S/c1-13-11-14(2)16(4)19(15(13)3)27(24,25)21-18-5-8-22(9-6-18)20(23)17-7-10-26-12-17/h7,10-12,18,21H,5-6,8-9H2,1-4H3. The van der Waals surface area contributed by atoms with Crippen LogP contribution in [0.4, 0.5) is 0 Å². The number of aryl methyl sites for hydroxylation is 2. The van der Waals surface area contributed by atoms with Gasteiger partial charge in [0.15, 0.2) is 0 Å². The minimum absolute atomic E-state index is 0.0777. The Balaban J connectivity index is 1.71. The highest BCUT2D eigenvalue weighted by molar-refractivity contribution is 7.89. The second-order valence-corrected chi connectivity index (χ2v) is 8.94. The molecule has 1 fully saturated rings. The topological polar surface area (TPSA) is 79.6 Å². The third-order valence-electron chi connectivity index (χ3n) is 5.44. The summed E-state index contributed by atoms with van der Waals surface area (Å²) in [6.45, 7) is 8.59. The van der Waals surface area contributed by atoms with Gasteiger partial charge >= 0.3 is 0 Å². The fraction of sp³-hybridized carbons (Fsp3) is 0.450. The van der Waals surface area contributed by atoms with Crippen molar-refractivity contribution in [2.75, 3.05) is 13.1 Å². The van der Waals surface area contributed by atoms with Crippen molar-refractivity contribution in [2.45, 2.75) is 51.5 Å². The Bertz CT molecular complexity index is 915. The molecule has 27 heavy (non-hydrogen) atoms. The van der Waals surface area contributed by atoms with Gasteiger partial charge in [-0.2, -0.15) is 0 Å². The Kier molecular flexibility index (Phi) is 5.44. The molecule has 0 atom stereocenters. The van der Waals surface area contributed by atoms with Crippen LogP contribution in [0.5, 0.6) is 0 Å². The molecule has 0 radical (unpaired) electrons. The number of hydrogen-bond donors (Lipinski definition) is 1. The number of carbonyl (C=O) groups excluding carboxylic acids is 1. The van der Waals surface area contributed by atoms with E-state index in [1.807, 2.05) is 33.8 Å². The lowest BCUT2D eigenvalue weighted by molar-refractivity contribution is 0.0710. The van der Waals surface area contributed by atoms with Crippen molar-refractivity contribution in [2.24, 2.45) is 0 Å². The molecule has 2 heterocycles. The summed E-state index contributed by atoms with van der Waals surface area (Å²) in [6.07, 6.45) is 4.09. The van der Waals surface area contributed by atoms with Gasteiger partial charge in [0.1, 0.15) is 6.26 Å². The molecule has 1 N–H and O–H groups in total. The van der Waals surface area contributed by atoms with E-state index in [-0.39, 0.29) is 11.9 Å². The molecule has 1 aromatic heterocycles. The molecule has 0 unspecified atom stereocenters. The van der Waals surface area contributed by atoms with Gasteiger partial charge in [0.05, 0.1) is 16.7 Å². The fourth-order valence-corrected chi connectivity index (χ4v) is 5.55. The summed E-state index contributed by atoms with van der Waals surface area (Å²) in [5.41, 5.74) is 4.05. The van der Waals surface area contributed by atoms with Crippen LogP contribution in [0.3, 0.4) is 0 Å². The molecule has 1 aliphatic heterocycles. The molecule has 1 saturated heterocycles. The molecule has 0 spiro atoms. The molecule has 0 saturated carbocycles. The van der Waals surface area contributed by atoms with E-state index in [0.29, 0.717) is 36.4 Å². The van der Waals surface area contributed by atoms with E-state index in [9.17, 15) is 13.2 Å². The maximum Gasteiger partial charge on any atom is 0.257 e. The Morgan fingerprint density at radius 3 is 2.22 bits per heavy atom. The zero-order valence-electron chi connectivity index (χ0n) is 16.2. The summed E-state index contributed by atoms with van der Waals surface area (Å²) in [5, 5.41) is 0. The minimum atomic E-state index is -3.62. The predicted octanol–water partition coefficient (Wildman–Crippen LogP) is 3.10. The number of benzene rings is 1.